The summed E-state index contributed by atoms with van der Waals surface area (Å²) in [5, 5.41) is 3.00. The number of ether oxygens (including phenoxy) is 2. The third kappa shape index (κ3) is 2.19. The van der Waals surface area contributed by atoms with Crippen LogP contribution in [0.2, 0.25) is 0 Å². The molecular weight excluding hydrogens is 220 g/mol. The fraction of sp³-hybridized carbons (Fsp3) is 0.917. The Morgan fingerprint density at radius 2 is 2.24 bits per heavy atom. The lowest BCUT2D eigenvalue weighted by atomic mass is 9.89. The molecule has 3 rings (SSSR count). The molecule has 0 aromatic heterocycles. The maximum atomic E-state index is 11.9. The van der Waals surface area contributed by atoms with Gasteiger partial charge in [0.2, 0.25) is 5.91 Å². The van der Waals surface area contributed by atoms with Crippen molar-refractivity contribution in [3.8, 4) is 0 Å². The summed E-state index contributed by atoms with van der Waals surface area (Å²) in [5.74, 6) is 0.364. The zero-order chi connectivity index (χ0) is 11.8. The molecule has 0 aromatic rings. The molecule has 3 fully saturated rings. The molecule has 17 heavy (non-hydrogen) atoms. The van der Waals surface area contributed by atoms with E-state index in [0.717, 1.165) is 19.4 Å². The van der Waals surface area contributed by atoms with E-state index in [1.807, 2.05) is 0 Å². The summed E-state index contributed by atoms with van der Waals surface area (Å²) in [4.78, 5) is 11.9. The van der Waals surface area contributed by atoms with Gasteiger partial charge in [-0.15, -0.1) is 0 Å². The van der Waals surface area contributed by atoms with Crippen molar-refractivity contribution in [3.63, 3.8) is 0 Å². The van der Waals surface area contributed by atoms with E-state index in [0.29, 0.717) is 31.3 Å². The van der Waals surface area contributed by atoms with Crippen molar-refractivity contribution < 1.29 is 14.3 Å². The fourth-order valence-electron chi connectivity index (χ4n) is 3.16. The molecule has 1 amide bonds. The topological polar surface area (TPSA) is 73.6 Å². The minimum absolute atomic E-state index is 0.0396. The first-order chi connectivity index (χ1) is 8.24. The molecule has 5 unspecified atom stereocenters. The molecule has 96 valence electrons. The van der Waals surface area contributed by atoms with Gasteiger partial charge in [-0.1, -0.05) is 0 Å². The minimum atomic E-state index is -0.172. The third-order valence-corrected chi connectivity index (χ3v) is 4.23. The van der Waals surface area contributed by atoms with Gasteiger partial charge in [-0.3, -0.25) is 4.79 Å². The minimum Gasteiger partial charge on any atom is -0.379 e. The van der Waals surface area contributed by atoms with Crippen molar-refractivity contribution in [3.05, 3.63) is 0 Å². The summed E-state index contributed by atoms with van der Waals surface area (Å²) in [6, 6.07) is -0.147. The van der Waals surface area contributed by atoms with Crippen molar-refractivity contribution in [2.24, 2.45) is 17.6 Å². The maximum Gasteiger partial charge on any atom is 0.227 e. The highest BCUT2D eigenvalue weighted by Gasteiger charge is 2.41. The van der Waals surface area contributed by atoms with E-state index in [1.54, 1.807) is 0 Å². The molecule has 0 aromatic carbocycles. The highest BCUT2D eigenvalue weighted by Crippen LogP contribution is 2.38. The van der Waals surface area contributed by atoms with Crippen molar-refractivity contribution in [1.82, 2.24) is 5.32 Å². The van der Waals surface area contributed by atoms with Crippen LogP contribution in [0.25, 0.3) is 0 Å². The van der Waals surface area contributed by atoms with Crippen molar-refractivity contribution in [2.75, 3.05) is 19.8 Å². The van der Waals surface area contributed by atoms with E-state index in [-0.39, 0.29) is 17.9 Å². The van der Waals surface area contributed by atoms with Gasteiger partial charge in [0, 0.05) is 18.5 Å². The SMILES string of the molecule is NC1COCC1C(=O)NCC1CC2CCC1O2. The summed E-state index contributed by atoms with van der Waals surface area (Å²) in [5.41, 5.74) is 5.81. The molecule has 5 atom stereocenters. The van der Waals surface area contributed by atoms with Crippen molar-refractivity contribution in [2.45, 2.75) is 37.5 Å². The molecule has 3 aliphatic heterocycles. The molecular formula is C12H20N2O3. The van der Waals surface area contributed by atoms with Gasteiger partial charge in [0.05, 0.1) is 31.3 Å². The van der Waals surface area contributed by atoms with E-state index < -0.39 is 0 Å². The van der Waals surface area contributed by atoms with Crippen molar-refractivity contribution >= 4 is 5.91 Å². The van der Waals surface area contributed by atoms with Crippen LogP contribution in [0.4, 0.5) is 0 Å². The molecule has 0 spiro atoms. The normalized spacial score (nSPS) is 44.2. The highest BCUT2D eigenvalue weighted by molar-refractivity contribution is 5.79. The van der Waals surface area contributed by atoms with Crippen LogP contribution in [0.5, 0.6) is 0 Å². The zero-order valence-corrected chi connectivity index (χ0v) is 9.93. The standard InChI is InChI=1S/C12H20N2O3/c13-10-6-16-5-9(10)12(15)14-4-7-3-8-1-2-11(7)17-8/h7-11H,1-6,13H2,(H,14,15). The predicted octanol–water partition coefficient (Wildman–Crippen LogP) is -0.356. The maximum absolute atomic E-state index is 11.9. The van der Waals surface area contributed by atoms with Crippen LogP contribution in [0.15, 0.2) is 0 Å². The third-order valence-electron chi connectivity index (χ3n) is 4.23. The number of carbonyl (C=O) groups excluding carboxylic acids is 1. The summed E-state index contributed by atoms with van der Waals surface area (Å²) < 4.78 is 11.0. The number of hydrogen-bond donors (Lipinski definition) is 2. The van der Waals surface area contributed by atoms with Crippen LogP contribution < -0.4 is 11.1 Å². The molecule has 3 N–H and O–H groups in total. The van der Waals surface area contributed by atoms with E-state index in [2.05, 4.69) is 5.32 Å². The van der Waals surface area contributed by atoms with Crippen LogP contribution in [-0.2, 0) is 14.3 Å². The molecule has 2 bridgehead atoms. The van der Waals surface area contributed by atoms with Crippen LogP contribution in [0.3, 0.4) is 0 Å². The smallest absolute Gasteiger partial charge is 0.227 e. The monoisotopic (exact) mass is 240 g/mol. The number of amides is 1. The van der Waals surface area contributed by atoms with Gasteiger partial charge < -0.3 is 20.5 Å². The lowest BCUT2D eigenvalue weighted by Crippen LogP contribution is -2.43. The number of nitrogens with two attached hydrogens (primary N) is 1. The van der Waals surface area contributed by atoms with Gasteiger partial charge in [-0.25, -0.2) is 0 Å². The Hall–Kier alpha value is -0.650. The van der Waals surface area contributed by atoms with E-state index in [1.165, 1.54) is 6.42 Å². The van der Waals surface area contributed by atoms with Gasteiger partial charge in [-0.05, 0) is 19.3 Å². The second kappa shape index (κ2) is 4.55. The Kier molecular flexibility index (Phi) is 3.06. The quantitative estimate of drug-likeness (QED) is 0.707. The van der Waals surface area contributed by atoms with Crippen LogP contribution in [0, 0.1) is 11.8 Å². The van der Waals surface area contributed by atoms with E-state index in [9.17, 15) is 4.79 Å². The molecule has 3 saturated heterocycles. The van der Waals surface area contributed by atoms with Crippen LogP contribution in [-0.4, -0.2) is 43.9 Å². The number of hydrogen-bond acceptors (Lipinski definition) is 4. The summed E-state index contributed by atoms with van der Waals surface area (Å²) >= 11 is 0. The fourth-order valence-corrected chi connectivity index (χ4v) is 3.16. The number of rotatable bonds is 3. The Morgan fingerprint density at radius 3 is 2.82 bits per heavy atom. The Balaban J connectivity index is 1.46. The summed E-state index contributed by atoms with van der Waals surface area (Å²) in [6.45, 7) is 1.68. The average molecular weight is 240 g/mol. The van der Waals surface area contributed by atoms with E-state index >= 15 is 0 Å². The number of nitrogens with one attached hydrogen (secondary N) is 1. The largest absolute Gasteiger partial charge is 0.379 e. The first-order valence-corrected chi connectivity index (χ1v) is 6.50. The first kappa shape index (κ1) is 11.4. The lowest BCUT2D eigenvalue weighted by Gasteiger charge is -2.20. The molecule has 0 aliphatic carbocycles. The molecule has 5 nitrogen and oxygen atoms in total. The Bertz CT molecular complexity index is 310. The number of fused-ring (bicyclic) bond motifs is 2. The molecule has 3 heterocycles. The predicted molar refractivity (Wildman–Crippen MR) is 61.3 cm³/mol. The van der Waals surface area contributed by atoms with Crippen LogP contribution >= 0.6 is 0 Å². The van der Waals surface area contributed by atoms with Crippen LogP contribution in [0.1, 0.15) is 19.3 Å². The molecule has 5 heteroatoms. The Labute approximate surface area is 101 Å². The Morgan fingerprint density at radius 1 is 1.35 bits per heavy atom. The van der Waals surface area contributed by atoms with Gasteiger partial charge in [0.25, 0.3) is 0 Å². The molecule has 0 saturated carbocycles. The van der Waals surface area contributed by atoms with Gasteiger partial charge in [-0.2, -0.15) is 0 Å². The lowest BCUT2D eigenvalue weighted by molar-refractivity contribution is -0.125. The highest BCUT2D eigenvalue weighted by atomic mass is 16.5. The second-order valence-electron chi connectivity index (χ2n) is 5.42. The second-order valence-corrected chi connectivity index (χ2v) is 5.42. The van der Waals surface area contributed by atoms with Crippen molar-refractivity contribution in [1.29, 1.82) is 0 Å². The van der Waals surface area contributed by atoms with E-state index in [4.69, 9.17) is 15.2 Å². The van der Waals surface area contributed by atoms with Gasteiger partial charge >= 0.3 is 0 Å². The molecule has 0 radical (unpaired) electrons. The first-order valence-electron chi connectivity index (χ1n) is 6.50. The summed E-state index contributed by atoms with van der Waals surface area (Å²) in [7, 11) is 0. The number of carbonyl (C=O) groups is 1. The summed E-state index contributed by atoms with van der Waals surface area (Å²) in [6.07, 6.45) is 4.25. The van der Waals surface area contributed by atoms with Gasteiger partial charge in [0.15, 0.2) is 0 Å². The average Bonchev–Trinajstić information content (AvgIpc) is 3.01. The molecule has 3 aliphatic rings. The van der Waals surface area contributed by atoms with Gasteiger partial charge in [0.1, 0.15) is 0 Å². The zero-order valence-electron chi connectivity index (χ0n) is 9.93.